The van der Waals surface area contributed by atoms with E-state index in [9.17, 15) is 31.1 Å². The predicted octanol–water partition coefficient (Wildman–Crippen LogP) is 6.39. The maximum Gasteiger partial charge on any atom is 0.282 e. The van der Waals surface area contributed by atoms with Crippen LogP contribution >= 0.6 is 0 Å². The number of alkyl halides is 5. The molecular weight excluding hydrogens is 512 g/mol. The standard InChI is InChI=1S/C26H25F6N5O/c1-14(2)24-34-11-15(12-35-24)25(38)36-20-17(16-5-3-4-6-18(16)27)8-10-33-21(20)19-7-9-26(31,32)13-37(19)23(30)22(28)29/h3-6,8,10-12,14,19,22-23H,7,9,13H2,1-2H3,(H,36,38). The molecule has 0 bridgehead atoms. The van der Waals surface area contributed by atoms with Gasteiger partial charge in [-0.1, -0.05) is 32.0 Å². The molecule has 2 aromatic heterocycles. The van der Waals surface area contributed by atoms with Gasteiger partial charge in [-0.25, -0.2) is 36.3 Å². The zero-order valence-electron chi connectivity index (χ0n) is 20.5. The van der Waals surface area contributed by atoms with E-state index in [1.165, 1.54) is 42.9 Å². The van der Waals surface area contributed by atoms with Gasteiger partial charge in [0.25, 0.3) is 18.3 Å². The van der Waals surface area contributed by atoms with Crippen LogP contribution in [0.3, 0.4) is 0 Å². The van der Waals surface area contributed by atoms with Gasteiger partial charge in [-0.15, -0.1) is 0 Å². The highest BCUT2D eigenvalue weighted by Crippen LogP contribution is 2.44. The third-order valence-corrected chi connectivity index (χ3v) is 6.27. The van der Waals surface area contributed by atoms with Gasteiger partial charge < -0.3 is 5.32 Å². The van der Waals surface area contributed by atoms with Gasteiger partial charge in [0.15, 0.2) is 0 Å². The summed E-state index contributed by atoms with van der Waals surface area (Å²) < 4.78 is 84.5. The number of anilines is 1. The molecule has 38 heavy (non-hydrogen) atoms. The number of carbonyl (C=O) groups excluding carboxylic acids is 1. The number of hydrogen-bond acceptors (Lipinski definition) is 5. The number of pyridine rings is 1. The summed E-state index contributed by atoms with van der Waals surface area (Å²) in [7, 11) is 0. The highest BCUT2D eigenvalue weighted by molar-refractivity contribution is 6.06. The van der Waals surface area contributed by atoms with Crippen molar-refractivity contribution in [2.24, 2.45) is 0 Å². The zero-order valence-corrected chi connectivity index (χ0v) is 20.5. The van der Waals surface area contributed by atoms with Crippen LogP contribution in [-0.4, -0.2) is 50.9 Å². The van der Waals surface area contributed by atoms with Crippen LogP contribution in [0.2, 0.25) is 0 Å². The summed E-state index contributed by atoms with van der Waals surface area (Å²) in [6, 6.07) is 5.65. The molecule has 3 heterocycles. The van der Waals surface area contributed by atoms with Crippen molar-refractivity contribution in [1.82, 2.24) is 19.9 Å². The van der Waals surface area contributed by atoms with E-state index in [0.29, 0.717) is 10.7 Å². The number of amides is 1. The van der Waals surface area contributed by atoms with Gasteiger partial charge in [-0.2, -0.15) is 0 Å². The monoisotopic (exact) mass is 537 g/mol. The Hall–Kier alpha value is -3.54. The van der Waals surface area contributed by atoms with E-state index in [1.54, 1.807) is 6.07 Å². The molecule has 2 atom stereocenters. The minimum Gasteiger partial charge on any atom is -0.320 e. The third-order valence-electron chi connectivity index (χ3n) is 6.27. The van der Waals surface area contributed by atoms with Crippen molar-refractivity contribution in [3.63, 3.8) is 0 Å². The van der Waals surface area contributed by atoms with E-state index in [2.05, 4.69) is 20.3 Å². The lowest BCUT2D eigenvalue weighted by molar-refractivity contribution is -0.148. The predicted molar refractivity (Wildman–Crippen MR) is 128 cm³/mol. The average molecular weight is 538 g/mol. The molecule has 1 aliphatic rings. The normalized spacial score (nSPS) is 18.5. The van der Waals surface area contributed by atoms with Crippen LogP contribution in [0.15, 0.2) is 48.9 Å². The number of piperidine rings is 1. The van der Waals surface area contributed by atoms with Crippen molar-refractivity contribution in [1.29, 1.82) is 0 Å². The molecule has 1 saturated heterocycles. The van der Waals surface area contributed by atoms with E-state index in [0.717, 1.165) is 0 Å². The Kier molecular flexibility index (Phi) is 8.00. The van der Waals surface area contributed by atoms with Crippen LogP contribution < -0.4 is 5.32 Å². The lowest BCUT2D eigenvalue weighted by Gasteiger charge is -2.41. The molecule has 3 aromatic rings. The maximum atomic E-state index is 14.8. The second kappa shape index (κ2) is 11.1. The Labute approximate surface area is 215 Å². The first-order valence-electron chi connectivity index (χ1n) is 11.9. The quantitative estimate of drug-likeness (QED) is 0.280. The minimum absolute atomic E-state index is 0.00332. The van der Waals surface area contributed by atoms with E-state index < -0.39 is 55.8 Å². The topological polar surface area (TPSA) is 71.0 Å². The van der Waals surface area contributed by atoms with Gasteiger partial charge in [0.05, 0.1) is 29.5 Å². The molecule has 6 nitrogen and oxygen atoms in total. The van der Waals surface area contributed by atoms with Gasteiger partial charge in [0.2, 0.25) is 6.30 Å². The molecule has 202 valence electrons. The number of carbonyl (C=O) groups is 1. The highest BCUT2D eigenvalue weighted by Gasteiger charge is 2.47. The van der Waals surface area contributed by atoms with Gasteiger partial charge in [-0.05, 0) is 18.6 Å². The van der Waals surface area contributed by atoms with Crippen LogP contribution in [0.5, 0.6) is 0 Å². The second-order valence-corrected chi connectivity index (χ2v) is 9.33. The molecule has 0 saturated carbocycles. The molecule has 1 aromatic carbocycles. The van der Waals surface area contributed by atoms with E-state index in [-0.39, 0.29) is 34.0 Å². The summed E-state index contributed by atoms with van der Waals surface area (Å²) in [4.78, 5) is 26.0. The minimum atomic E-state index is -3.56. The Morgan fingerprint density at radius 1 is 1.05 bits per heavy atom. The zero-order chi connectivity index (χ0) is 27.6. The molecule has 1 amide bonds. The van der Waals surface area contributed by atoms with Crippen molar-refractivity contribution in [3.05, 3.63) is 71.8 Å². The van der Waals surface area contributed by atoms with E-state index in [4.69, 9.17) is 0 Å². The fourth-order valence-corrected chi connectivity index (χ4v) is 4.37. The number of hydrogen-bond donors (Lipinski definition) is 1. The van der Waals surface area contributed by atoms with Gasteiger partial charge in [-0.3, -0.25) is 14.7 Å². The number of halogens is 6. The van der Waals surface area contributed by atoms with Crippen molar-refractivity contribution >= 4 is 11.6 Å². The summed E-state index contributed by atoms with van der Waals surface area (Å²) >= 11 is 0. The Bertz CT molecular complexity index is 1290. The summed E-state index contributed by atoms with van der Waals surface area (Å²) in [5.74, 6) is -4.30. The molecular formula is C26H25F6N5O. The summed E-state index contributed by atoms with van der Waals surface area (Å²) in [6.45, 7) is 2.47. The van der Waals surface area contributed by atoms with Crippen molar-refractivity contribution in [3.8, 4) is 11.1 Å². The molecule has 0 aliphatic carbocycles. The fourth-order valence-electron chi connectivity index (χ4n) is 4.37. The Morgan fingerprint density at radius 3 is 2.37 bits per heavy atom. The van der Waals surface area contributed by atoms with E-state index in [1.807, 2.05) is 13.8 Å². The lowest BCUT2D eigenvalue weighted by Crippen LogP contribution is -2.50. The summed E-state index contributed by atoms with van der Waals surface area (Å²) in [5.41, 5.74) is -0.0661. The van der Waals surface area contributed by atoms with Gasteiger partial charge >= 0.3 is 0 Å². The van der Waals surface area contributed by atoms with Gasteiger partial charge in [0, 0.05) is 42.1 Å². The van der Waals surface area contributed by atoms with Crippen LogP contribution in [0.25, 0.3) is 11.1 Å². The van der Waals surface area contributed by atoms with Crippen LogP contribution in [0, 0.1) is 5.82 Å². The molecule has 0 radical (unpaired) electrons. The lowest BCUT2D eigenvalue weighted by atomic mass is 9.92. The van der Waals surface area contributed by atoms with Crippen molar-refractivity contribution in [2.45, 2.75) is 57.3 Å². The molecule has 12 heteroatoms. The Balaban J connectivity index is 1.82. The smallest absolute Gasteiger partial charge is 0.282 e. The number of likely N-dealkylation sites (tertiary alicyclic amines) is 1. The number of benzene rings is 1. The first kappa shape index (κ1) is 27.5. The Morgan fingerprint density at radius 2 is 1.74 bits per heavy atom. The van der Waals surface area contributed by atoms with Crippen LogP contribution in [-0.2, 0) is 0 Å². The van der Waals surface area contributed by atoms with Gasteiger partial charge in [0.1, 0.15) is 11.6 Å². The highest BCUT2D eigenvalue weighted by atomic mass is 19.3. The fraction of sp³-hybridized carbons (Fsp3) is 0.385. The second-order valence-electron chi connectivity index (χ2n) is 9.33. The van der Waals surface area contributed by atoms with Crippen molar-refractivity contribution in [2.75, 3.05) is 11.9 Å². The molecule has 2 unspecified atom stereocenters. The molecule has 1 aliphatic heterocycles. The van der Waals surface area contributed by atoms with E-state index >= 15 is 0 Å². The first-order valence-corrected chi connectivity index (χ1v) is 11.9. The largest absolute Gasteiger partial charge is 0.320 e. The summed E-state index contributed by atoms with van der Waals surface area (Å²) in [6.07, 6.45) is -3.90. The SMILES string of the molecule is CC(C)c1ncc(C(=O)Nc2c(-c3ccccc3F)ccnc2C2CCC(F)(F)CN2C(F)C(F)F)cn1. The van der Waals surface area contributed by atoms with Crippen molar-refractivity contribution < 1.29 is 31.1 Å². The van der Waals surface area contributed by atoms with Crippen LogP contribution in [0.4, 0.5) is 32.0 Å². The molecule has 4 rings (SSSR count). The first-order chi connectivity index (χ1) is 18.0. The number of rotatable bonds is 7. The number of nitrogens with one attached hydrogen (secondary N) is 1. The maximum absolute atomic E-state index is 14.8. The summed E-state index contributed by atoms with van der Waals surface area (Å²) in [5, 5.41) is 2.60. The van der Waals surface area contributed by atoms with Crippen LogP contribution in [0.1, 0.15) is 60.5 Å². The number of aromatic nitrogens is 3. The molecule has 1 N–H and O–H groups in total. The molecule has 1 fully saturated rings. The average Bonchev–Trinajstić information content (AvgIpc) is 2.88. The number of nitrogens with zero attached hydrogens (tertiary/aromatic N) is 4. The third kappa shape index (κ3) is 5.79. The molecule has 0 spiro atoms.